The number of nitrogens with zero attached hydrogens (tertiary/aromatic N) is 1. The summed E-state index contributed by atoms with van der Waals surface area (Å²) in [6.45, 7) is 1.62. The Morgan fingerprint density at radius 1 is 1.17 bits per heavy atom. The summed E-state index contributed by atoms with van der Waals surface area (Å²) in [5, 5.41) is 3.38. The van der Waals surface area contributed by atoms with Gasteiger partial charge in [-0.1, -0.05) is 23.2 Å². The van der Waals surface area contributed by atoms with Crippen molar-refractivity contribution in [1.29, 1.82) is 0 Å². The molecule has 2 aromatic rings. The number of ether oxygens (including phenoxy) is 2. The van der Waals surface area contributed by atoms with Gasteiger partial charge in [0.05, 0.1) is 21.4 Å². The second-order valence-electron chi connectivity index (χ2n) is 4.84. The fraction of sp³-hybridized carbons (Fsp3) is 0.125. The number of nitrogens with one attached hydrogen (secondary N) is 1. The van der Waals surface area contributed by atoms with Crippen molar-refractivity contribution in [3.63, 3.8) is 0 Å². The van der Waals surface area contributed by atoms with E-state index in [1.54, 1.807) is 18.3 Å². The molecule has 1 aliphatic heterocycles. The largest absolute Gasteiger partial charge is 0.454 e. The lowest BCUT2D eigenvalue weighted by Crippen LogP contribution is -2.06. The van der Waals surface area contributed by atoms with Crippen molar-refractivity contribution in [3.05, 3.63) is 45.9 Å². The van der Waals surface area contributed by atoms with Crippen LogP contribution in [0.4, 0.5) is 11.4 Å². The number of hydrogen-bond donors (Lipinski definition) is 1. The van der Waals surface area contributed by atoms with Crippen LogP contribution in [-0.2, 0) is 4.79 Å². The SMILES string of the molecule is CC(=O)Nc1cc(N=Cc2ccc3c(c2)OCO3)c(Cl)cc1Cl. The Bertz CT molecular complexity index is 806. The Kier molecular flexibility index (Phi) is 4.41. The first-order chi connectivity index (χ1) is 11.0. The van der Waals surface area contributed by atoms with Gasteiger partial charge in [-0.05, 0) is 35.9 Å². The van der Waals surface area contributed by atoms with Crippen molar-refractivity contribution >= 4 is 46.7 Å². The van der Waals surface area contributed by atoms with Crippen molar-refractivity contribution in [3.8, 4) is 11.5 Å². The van der Waals surface area contributed by atoms with Crippen LogP contribution >= 0.6 is 23.2 Å². The molecule has 0 aromatic heterocycles. The standard InChI is InChI=1S/C16H12Cl2N2O3/c1-9(21)20-14-6-13(11(17)5-12(14)18)19-7-10-2-3-15-16(4-10)23-8-22-15/h2-7H,8H2,1H3,(H,20,21). The van der Waals surface area contributed by atoms with Crippen LogP contribution in [0, 0.1) is 0 Å². The molecule has 1 aliphatic rings. The molecule has 1 heterocycles. The molecule has 0 aliphatic carbocycles. The van der Waals surface area contributed by atoms with Gasteiger partial charge in [0.1, 0.15) is 0 Å². The fourth-order valence-electron chi connectivity index (χ4n) is 2.06. The number of aliphatic imine (C=N–C) groups is 1. The van der Waals surface area contributed by atoms with E-state index < -0.39 is 0 Å². The molecule has 0 unspecified atom stereocenters. The van der Waals surface area contributed by atoms with Crippen LogP contribution in [-0.4, -0.2) is 18.9 Å². The smallest absolute Gasteiger partial charge is 0.231 e. The maximum atomic E-state index is 11.2. The lowest BCUT2D eigenvalue weighted by molar-refractivity contribution is -0.114. The zero-order valence-electron chi connectivity index (χ0n) is 12.1. The highest BCUT2D eigenvalue weighted by molar-refractivity contribution is 6.38. The molecule has 0 bridgehead atoms. The van der Waals surface area contributed by atoms with E-state index >= 15 is 0 Å². The average molecular weight is 351 g/mol. The van der Waals surface area contributed by atoms with Gasteiger partial charge in [-0.3, -0.25) is 9.79 Å². The van der Waals surface area contributed by atoms with Crippen molar-refractivity contribution in [2.24, 2.45) is 4.99 Å². The summed E-state index contributed by atoms with van der Waals surface area (Å²) >= 11 is 12.2. The van der Waals surface area contributed by atoms with Gasteiger partial charge in [0, 0.05) is 13.1 Å². The monoisotopic (exact) mass is 350 g/mol. The normalized spacial score (nSPS) is 12.7. The highest BCUT2D eigenvalue weighted by Crippen LogP contribution is 2.35. The molecule has 0 fully saturated rings. The number of amides is 1. The minimum Gasteiger partial charge on any atom is -0.454 e. The minimum atomic E-state index is -0.222. The van der Waals surface area contributed by atoms with Crippen molar-refractivity contribution in [1.82, 2.24) is 0 Å². The summed E-state index contributed by atoms with van der Waals surface area (Å²) in [4.78, 5) is 15.5. The van der Waals surface area contributed by atoms with Crippen LogP contribution in [0.1, 0.15) is 12.5 Å². The second kappa shape index (κ2) is 6.48. The van der Waals surface area contributed by atoms with Crippen LogP contribution < -0.4 is 14.8 Å². The molecule has 3 rings (SSSR count). The van der Waals surface area contributed by atoms with Gasteiger partial charge in [-0.2, -0.15) is 0 Å². The number of hydrogen-bond acceptors (Lipinski definition) is 4. The van der Waals surface area contributed by atoms with Gasteiger partial charge in [-0.25, -0.2) is 0 Å². The first-order valence-corrected chi connectivity index (χ1v) is 7.49. The summed E-state index contributed by atoms with van der Waals surface area (Å²) in [6.07, 6.45) is 1.65. The van der Waals surface area contributed by atoms with Gasteiger partial charge >= 0.3 is 0 Å². The zero-order chi connectivity index (χ0) is 16.4. The molecule has 0 saturated heterocycles. The molecule has 0 saturated carbocycles. The van der Waals surface area contributed by atoms with Crippen molar-refractivity contribution < 1.29 is 14.3 Å². The number of fused-ring (bicyclic) bond motifs is 1. The van der Waals surface area contributed by atoms with Gasteiger partial charge in [0.25, 0.3) is 0 Å². The molecule has 0 radical (unpaired) electrons. The maximum Gasteiger partial charge on any atom is 0.231 e. The molecule has 23 heavy (non-hydrogen) atoms. The molecule has 1 amide bonds. The molecule has 1 N–H and O–H groups in total. The highest BCUT2D eigenvalue weighted by Gasteiger charge is 2.12. The first-order valence-electron chi connectivity index (χ1n) is 6.73. The highest BCUT2D eigenvalue weighted by atomic mass is 35.5. The molecule has 118 valence electrons. The molecule has 0 atom stereocenters. The van der Waals surface area contributed by atoms with Gasteiger partial charge in [-0.15, -0.1) is 0 Å². The average Bonchev–Trinajstić information content (AvgIpc) is 2.96. The predicted molar refractivity (Wildman–Crippen MR) is 90.6 cm³/mol. The Labute approximate surface area is 142 Å². The molecule has 7 heteroatoms. The lowest BCUT2D eigenvalue weighted by Gasteiger charge is -2.07. The fourth-order valence-corrected chi connectivity index (χ4v) is 2.54. The second-order valence-corrected chi connectivity index (χ2v) is 5.65. The zero-order valence-corrected chi connectivity index (χ0v) is 13.6. The summed E-state index contributed by atoms with van der Waals surface area (Å²) in [5.41, 5.74) is 1.79. The van der Waals surface area contributed by atoms with E-state index in [-0.39, 0.29) is 12.7 Å². The van der Waals surface area contributed by atoms with E-state index in [0.29, 0.717) is 32.9 Å². The molecule has 2 aromatic carbocycles. The van der Waals surface area contributed by atoms with Crippen molar-refractivity contribution in [2.75, 3.05) is 12.1 Å². The van der Waals surface area contributed by atoms with Gasteiger partial charge in [0.15, 0.2) is 11.5 Å². The van der Waals surface area contributed by atoms with Crippen LogP contribution in [0.3, 0.4) is 0 Å². The number of benzene rings is 2. The Morgan fingerprint density at radius 2 is 1.96 bits per heavy atom. The molecule has 0 spiro atoms. The number of carbonyl (C=O) groups excluding carboxylic acids is 1. The summed E-state index contributed by atoms with van der Waals surface area (Å²) < 4.78 is 10.6. The summed E-state index contributed by atoms with van der Waals surface area (Å²) in [5.74, 6) is 1.16. The molecule has 5 nitrogen and oxygen atoms in total. The topological polar surface area (TPSA) is 59.9 Å². The predicted octanol–water partition coefficient (Wildman–Crippen LogP) is 4.43. The lowest BCUT2D eigenvalue weighted by atomic mass is 10.2. The maximum absolute atomic E-state index is 11.2. The number of carbonyl (C=O) groups is 1. The molecular weight excluding hydrogens is 339 g/mol. The van der Waals surface area contributed by atoms with Crippen LogP contribution in [0.25, 0.3) is 0 Å². The Balaban J connectivity index is 1.88. The third-order valence-corrected chi connectivity index (χ3v) is 3.71. The van der Waals surface area contributed by atoms with Crippen LogP contribution in [0.5, 0.6) is 11.5 Å². The summed E-state index contributed by atoms with van der Waals surface area (Å²) in [7, 11) is 0. The van der Waals surface area contributed by atoms with Crippen LogP contribution in [0.2, 0.25) is 10.0 Å². The Hall–Kier alpha value is -2.24. The molecular formula is C16H12Cl2N2O3. The number of halogens is 2. The van der Waals surface area contributed by atoms with Crippen molar-refractivity contribution in [2.45, 2.75) is 6.92 Å². The number of rotatable bonds is 3. The minimum absolute atomic E-state index is 0.221. The van der Waals surface area contributed by atoms with E-state index in [9.17, 15) is 4.79 Å². The van der Waals surface area contributed by atoms with E-state index in [1.807, 2.05) is 18.2 Å². The number of anilines is 1. The Morgan fingerprint density at radius 3 is 2.74 bits per heavy atom. The first kappa shape index (κ1) is 15.6. The van der Waals surface area contributed by atoms with E-state index in [1.165, 1.54) is 6.92 Å². The third-order valence-electron chi connectivity index (χ3n) is 3.10. The van der Waals surface area contributed by atoms with Gasteiger partial charge < -0.3 is 14.8 Å². The van der Waals surface area contributed by atoms with Crippen LogP contribution in [0.15, 0.2) is 35.3 Å². The summed E-state index contributed by atoms with van der Waals surface area (Å²) in [6, 6.07) is 8.66. The third kappa shape index (κ3) is 3.57. The van der Waals surface area contributed by atoms with E-state index in [0.717, 1.165) is 5.56 Å². The quantitative estimate of drug-likeness (QED) is 0.832. The van der Waals surface area contributed by atoms with Gasteiger partial charge in [0.2, 0.25) is 12.7 Å². The van der Waals surface area contributed by atoms with E-state index in [4.69, 9.17) is 32.7 Å². The van der Waals surface area contributed by atoms with E-state index in [2.05, 4.69) is 10.3 Å².